The molecule has 0 amide bonds. The zero-order valence-electron chi connectivity index (χ0n) is 11.0. The van der Waals surface area contributed by atoms with E-state index >= 15 is 0 Å². The van der Waals surface area contributed by atoms with Crippen LogP contribution in [0, 0.1) is 15.9 Å². The van der Waals surface area contributed by atoms with Crippen molar-refractivity contribution in [3.8, 4) is 0 Å². The molecule has 0 radical (unpaired) electrons. The summed E-state index contributed by atoms with van der Waals surface area (Å²) < 4.78 is 13.5. The lowest BCUT2D eigenvalue weighted by atomic mass is 10.1. The van der Waals surface area contributed by atoms with Gasteiger partial charge in [-0.1, -0.05) is 36.4 Å². The van der Waals surface area contributed by atoms with Crippen molar-refractivity contribution in [1.29, 1.82) is 0 Å². The summed E-state index contributed by atoms with van der Waals surface area (Å²) in [6.45, 7) is 2.14. The van der Waals surface area contributed by atoms with Crippen LogP contribution in [0.25, 0.3) is 0 Å². The van der Waals surface area contributed by atoms with Gasteiger partial charge in [0.15, 0.2) is 0 Å². The van der Waals surface area contributed by atoms with E-state index in [0.717, 1.165) is 0 Å². The first-order valence-corrected chi connectivity index (χ1v) is 6.29. The van der Waals surface area contributed by atoms with E-state index in [1.807, 2.05) is 6.92 Å². The van der Waals surface area contributed by atoms with Crippen LogP contribution >= 0.6 is 0 Å². The fourth-order valence-electron chi connectivity index (χ4n) is 2.03. The fraction of sp³-hybridized carbons (Fsp3) is 0.200. The Labute approximate surface area is 116 Å². The maximum absolute atomic E-state index is 13.5. The zero-order chi connectivity index (χ0) is 14.5. The second-order valence-electron chi connectivity index (χ2n) is 4.51. The lowest BCUT2D eigenvalue weighted by Crippen LogP contribution is -2.19. The van der Waals surface area contributed by atoms with E-state index < -0.39 is 4.92 Å². The number of halogens is 1. The Morgan fingerprint density at radius 1 is 1.20 bits per heavy atom. The average molecular weight is 274 g/mol. The summed E-state index contributed by atoms with van der Waals surface area (Å²) in [6, 6.07) is 12.8. The normalized spacial score (nSPS) is 12.1. The van der Waals surface area contributed by atoms with Crippen LogP contribution in [0.3, 0.4) is 0 Å². The van der Waals surface area contributed by atoms with Gasteiger partial charge in [-0.3, -0.25) is 10.1 Å². The van der Waals surface area contributed by atoms with Crippen LogP contribution in [0.5, 0.6) is 0 Å². The molecular formula is C15H15FN2O2. The van der Waals surface area contributed by atoms with Crippen molar-refractivity contribution < 1.29 is 9.31 Å². The minimum Gasteiger partial charge on any atom is -0.306 e. The summed E-state index contributed by atoms with van der Waals surface area (Å²) in [4.78, 5) is 10.6. The van der Waals surface area contributed by atoms with Gasteiger partial charge in [-0.15, -0.1) is 0 Å². The SMILES string of the molecule is CC(NCc1ccccc1F)c1ccccc1[N+](=O)[O-]. The van der Waals surface area contributed by atoms with Gasteiger partial charge in [0.2, 0.25) is 0 Å². The minimum absolute atomic E-state index is 0.0704. The molecule has 0 saturated carbocycles. The molecule has 0 heterocycles. The highest BCUT2D eigenvalue weighted by molar-refractivity contribution is 5.41. The van der Waals surface area contributed by atoms with Crippen LogP contribution < -0.4 is 5.32 Å². The monoisotopic (exact) mass is 274 g/mol. The Hall–Kier alpha value is -2.27. The van der Waals surface area contributed by atoms with E-state index in [-0.39, 0.29) is 17.5 Å². The molecule has 0 fully saturated rings. The molecule has 0 aromatic heterocycles. The molecule has 104 valence electrons. The first-order chi connectivity index (χ1) is 9.59. The Kier molecular flexibility index (Phi) is 4.42. The number of benzene rings is 2. The summed E-state index contributed by atoms with van der Waals surface area (Å²) >= 11 is 0. The summed E-state index contributed by atoms with van der Waals surface area (Å²) in [5.41, 5.74) is 1.20. The van der Waals surface area contributed by atoms with Crippen molar-refractivity contribution in [2.45, 2.75) is 19.5 Å². The maximum atomic E-state index is 13.5. The van der Waals surface area contributed by atoms with E-state index in [9.17, 15) is 14.5 Å². The number of nitrogens with zero attached hydrogens (tertiary/aromatic N) is 1. The van der Waals surface area contributed by atoms with Crippen LogP contribution in [0.1, 0.15) is 24.1 Å². The van der Waals surface area contributed by atoms with E-state index in [1.54, 1.807) is 36.4 Å². The summed E-state index contributed by atoms with van der Waals surface area (Å²) in [5, 5.41) is 14.1. The number of para-hydroxylation sites is 1. The van der Waals surface area contributed by atoms with Crippen molar-refractivity contribution >= 4 is 5.69 Å². The van der Waals surface area contributed by atoms with E-state index in [4.69, 9.17) is 0 Å². The van der Waals surface area contributed by atoms with Crippen molar-refractivity contribution in [2.75, 3.05) is 0 Å². The standard InChI is InChI=1S/C15H15FN2O2/c1-11(13-7-3-5-9-15(13)18(19)20)17-10-12-6-2-4-8-14(12)16/h2-9,11,17H,10H2,1H3. The van der Waals surface area contributed by atoms with Gasteiger partial charge < -0.3 is 5.32 Å². The van der Waals surface area contributed by atoms with Gasteiger partial charge in [0.1, 0.15) is 5.82 Å². The highest BCUT2D eigenvalue weighted by Crippen LogP contribution is 2.24. The molecule has 20 heavy (non-hydrogen) atoms. The molecule has 0 spiro atoms. The molecule has 1 unspecified atom stereocenters. The predicted octanol–water partition coefficient (Wildman–Crippen LogP) is 3.58. The van der Waals surface area contributed by atoms with Crippen LogP contribution in [0.4, 0.5) is 10.1 Å². The minimum atomic E-state index is -0.406. The van der Waals surface area contributed by atoms with Crippen LogP contribution in [-0.4, -0.2) is 4.92 Å². The molecule has 0 aliphatic heterocycles. The largest absolute Gasteiger partial charge is 0.306 e. The van der Waals surface area contributed by atoms with Crippen molar-refractivity contribution in [1.82, 2.24) is 5.32 Å². The van der Waals surface area contributed by atoms with Crippen LogP contribution in [0.2, 0.25) is 0 Å². The van der Waals surface area contributed by atoms with Crippen molar-refractivity contribution in [2.24, 2.45) is 0 Å². The first kappa shape index (κ1) is 14.1. The molecule has 0 aliphatic rings. The second kappa shape index (κ2) is 6.25. The summed E-state index contributed by atoms with van der Waals surface area (Å²) in [7, 11) is 0. The molecule has 2 rings (SSSR count). The smallest absolute Gasteiger partial charge is 0.274 e. The fourth-order valence-corrected chi connectivity index (χ4v) is 2.03. The molecule has 5 heteroatoms. The van der Waals surface area contributed by atoms with Gasteiger partial charge in [0, 0.05) is 29.8 Å². The Morgan fingerprint density at radius 2 is 1.85 bits per heavy atom. The quantitative estimate of drug-likeness (QED) is 0.669. The molecule has 0 aliphatic carbocycles. The van der Waals surface area contributed by atoms with Gasteiger partial charge in [0.25, 0.3) is 5.69 Å². The van der Waals surface area contributed by atoms with E-state index in [1.165, 1.54) is 12.1 Å². The predicted molar refractivity (Wildman–Crippen MR) is 74.8 cm³/mol. The molecule has 2 aromatic rings. The lowest BCUT2D eigenvalue weighted by Gasteiger charge is -2.14. The number of hydrogen-bond donors (Lipinski definition) is 1. The molecule has 1 atom stereocenters. The highest BCUT2D eigenvalue weighted by Gasteiger charge is 2.17. The van der Waals surface area contributed by atoms with Crippen LogP contribution in [-0.2, 0) is 6.54 Å². The second-order valence-corrected chi connectivity index (χ2v) is 4.51. The van der Waals surface area contributed by atoms with Gasteiger partial charge in [-0.25, -0.2) is 4.39 Å². The Bertz CT molecular complexity index is 616. The van der Waals surface area contributed by atoms with Crippen molar-refractivity contribution in [3.05, 3.63) is 75.6 Å². The third-order valence-corrected chi connectivity index (χ3v) is 3.16. The van der Waals surface area contributed by atoms with Gasteiger partial charge >= 0.3 is 0 Å². The van der Waals surface area contributed by atoms with E-state index in [0.29, 0.717) is 17.7 Å². The third-order valence-electron chi connectivity index (χ3n) is 3.16. The molecule has 2 aromatic carbocycles. The average Bonchev–Trinajstić information content (AvgIpc) is 2.46. The number of nitro groups is 1. The molecule has 0 saturated heterocycles. The Morgan fingerprint density at radius 3 is 2.55 bits per heavy atom. The zero-order valence-corrected chi connectivity index (χ0v) is 11.0. The van der Waals surface area contributed by atoms with Gasteiger partial charge in [-0.2, -0.15) is 0 Å². The number of rotatable bonds is 5. The number of nitrogens with one attached hydrogen (secondary N) is 1. The molecule has 0 bridgehead atoms. The molecule has 1 N–H and O–H groups in total. The Balaban J connectivity index is 2.11. The van der Waals surface area contributed by atoms with E-state index in [2.05, 4.69) is 5.32 Å². The lowest BCUT2D eigenvalue weighted by molar-refractivity contribution is -0.385. The first-order valence-electron chi connectivity index (χ1n) is 6.29. The van der Waals surface area contributed by atoms with Crippen LogP contribution in [0.15, 0.2) is 48.5 Å². The number of hydrogen-bond acceptors (Lipinski definition) is 3. The van der Waals surface area contributed by atoms with Gasteiger partial charge in [0.05, 0.1) is 4.92 Å². The summed E-state index contributed by atoms with van der Waals surface area (Å²) in [5.74, 6) is -0.283. The molecular weight excluding hydrogens is 259 g/mol. The third kappa shape index (κ3) is 3.19. The van der Waals surface area contributed by atoms with Crippen molar-refractivity contribution in [3.63, 3.8) is 0 Å². The maximum Gasteiger partial charge on any atom is 0.274 e. The molecule has 4 nitrogen and oxygen atoms in total. The number of nitro benzene ring substituents is 1. The highest BCUT2D eigenvalue weighted by atomic mass is 19.1. The topological polar surface area (TPSA) is 55.2 Å². The summed E-state index contributed by atoms with van der Waals surface area (Å²) in [6.07, 6.45) is 0. The van der Waals surface area contributed by atoms with Gasteiger partial charge in [-0.05, 0) is 13.0 Å².